The van der Waals surface area contributed by atoms with Crippen molar-refractivity contribution in [1.82, 2.24) is 0 Å². The third-order valence-corrected chi connectivity index (χ3v) is 5.31. The number of nitrogens with one attached hydrogen (secondary N) is 1. The summed E-state index contributed by atoms with van der Waals surface area (Å²) in [7, 11) is 5.92. The molecule has 0 bridgehead atoms. The summed E-state index contributed by atoms with van der Waals surface area (Å²) in [6.45, 7) is 1.55. The first-order valence-corrected chi connectivity index (χ1v) is 10.4. The summed E-state index contributed by atoms with van der Waals surface area (Å²) in [5, 5.41) is 13.4. The first-order chi connectivity index (χ1) is 16.3. The van der Waals surface area contributed by atoms with Crippen LogP contribution >= 0.6 is 0 Å². The molecular formula is C25H27NO8. The number of aromatic hydroxyl groups is 1. The number of amides is 1. The lowest BCUT2D eigenvalue weighted by atomic mass is 9.87. The van der Waals surface area contributed by atoms with Crippen molar-refractivity contribution in [2.24, 2.45) is 0 Å². The highest BCUT2D eigenvalue weighted by Crippen LogP contribution is 2.46. The van der Waals surface area contributed by atoms with Gasteiger partial charge in [0.25, 0.3) is 0 Å². The van der Waals surface area contributed by atoms with Crippen molar-refractivity contribution in [3.63, 3.8) is 0 Å². The minimum absolute atomic E-state index is 0.0685. The average Bonchev–Trinajstić information content (AvgIpc) is 2.82. The molecule has 0 aliphatic heterocycles. The van der Waals surface area contributed by atoms with Crippen LogP contribution in [0.2, 0.25) is 0 Å². The third-order valence-electron chi connectivity index (χ3n) is 5.31. The first-order valence-electron chi connectivity index (χ1n) is 10.4. The molecule has 1 amide bonds. The Kier molecular flexibility index (Phi) is 7.68. The molecule has 180 valence electrons. The Morgan fingerprint density at radius 1 is 0.971 bits per heavy atom. The second-order valence-corrected chi connectivity index (χ2v) is 7.40. The summed E-state index contributed by atoms with van der Waals surface area (Å²) in [4.78, 5) is 25.8. The fourth-order valence-electron chi connectivity index (χ4n) is 3.76. The first kappa shape index (κ1) is 24.5. The van der Waals surface area contributed by atoms with Crippen LogP contribution in [0.15, 0.2) is 51.7 Å². The second-order valence-electron chi connectivity index (χ2n) is 7.40. The summed E-state index contributed by atoms with van der Waals surface area (Å²) < 4.78 is 26.7. The second kappa shape index (κ2) is 10.7. The van der Waals surface area contributed by atoms with Crippen molar-refractivity contribution >= 4 is 11.6 Å². The van der Waals surface area contributed by atoms with E-state index in [1.807, 2.05) is 0 Å². The van der Waals surface area contributed by atoms with E-state index in [4.69, 9.17) is 23.4 Å². The molecule has 9 heteroatoms. The molecule has 1 unspecified atom stereocenters. The van der Waals surface area contributed by atoms with Crippen LogP contribution < -0.4 is 29.9 Å². The van der Waals surface area contributed by atoms with Gasteiger partial charge in [-0.1, -0.05) is 6.07 Å². The molecule has 0 fully saturated rings. The van der Waals surface area contributed by atoms with Gasteiger partial charge in [-0.15, -0.1) is 0 Å². The molecule has 3 aromatic rings. The van der Waals surface area contributed by atoms with Gasteiger partial charge in [-0.05, 0) is 37.3 Å². The molecule has 1 aromatic heterocycles. The van der Waals surface area contributed by atoms with Crippen LogP contribution in [-0.4, -0.2) is 39.5 Å². The van der Waals surface area contributed by atoms with E-state index in [0.717, 1.165) is 0 Å². The lowest BCUT2D eigenvalue weighted by molar-refractivity contribution is -0.116. The van der Waals surface area contributed by atoms with E-state index in [1.54, 1.807) is 50.4 Å². The molecule has 1 heterocycles. The van der Waals surface area contributed by atoms with Crippen LogP contribution in [0.4, 0.5) is 5.69 Å². The highest BCUT2D eigenvalue weighted by molar-refractivity contribution is 5.91. The summed E-state index contributed by atoms with van der Waals surface area (Å²) in [6.07, 6.45) is -0.195. The van der Waals surface area contributed by atoms with E-state index >= 15 is 0 Å². The number of methoxy groups -OCH3 is 4. The van der Waals surface area contributed by atoms with Crippen molar-refractivity contribution in [3.8, 4) is 28.7 Å². The zero-order valence-corrected chi connectivity index (χ0v) is 19.6. The number of benzene rings is 2. The molecule has 0 saturated heterocycles. The predicted octanol–water partition coefficient (Wildman–Crippen LogP) is 3.85. The quantitative estimate of drug-likeness (QED) is 0.485. The molecule has 9 nitrogen and oxygen atoms in total. The number of aryl methyl sites for hydroxylation is 1. The van der Waals surface area contributed by atoms with Gasteiger partial charge >= 0.3 is 5.63 Å². The number of ether oxygens (including phenoxy) is 4. The van der Waals surface area contributed by atoms with E-state index in [1.165, 1.54) is 27.4 Å². The molecule has 0 spiro atoms. The smallest absolute Gasteiger partial charge is 0.343 e. The maximum absolute atomic E-state index is 13.0. The number of carbonyl (C=O) groups excluding carboxylic acids is 1. The van der Waals surface area contributed by atoms with Crippen LogP contribution in [0.3, 0.4) is 0 Å². The zero-order chi connectivity index (χ0) is 24.8. The number of hydrogen-bond donors (Lipinski definition) is 2. The predicted molar refractivity (Wildman–Crippen MR) is 126 cm³/mol. The Morgan fingerprint density at radius 3 is 2.21 bits per heavy atom. The van der Waals surface area contributed by atoms with Crippen molar-refractivity contribution in [2.75, 3.05) is 33.8 Å². The van der Waals surface area contributed by atoms with Crippen LogP contribution in [0.5, 0.6) is 28.7 Å². The summed E-state index contributed by atoms with van der Waals surface area (Å²) in [5.74, 6) is 0.261. The molecule has 34 heavy (non-hydrogen) atoms. The fraction of sp³-hybridized carbons (Fsp3) is 0.280. The summed E-state index contributed by atoms with van der Waals surface area (Å²) >= 11 is 0. The van der Waals surface area contributed by atoms with Crippen LogP contribution in [0.25, 0.3) is 0 Å². The minimum Gasteiger partial charge on any atom is -0.507 e. The number of hydrogen-bond acceptors (Lipinski definition) is 8. The monoisotopic (exact) mass is 469 g/mol. The van der Waals surface area contributed by atoms with Gasteiger partial charge in [-0.2, -0.15) is 0 Å². The molecule has 0 aliphatic carbocycles. The molecule has 2 N–H and O–H groups in total. The SMILES string of the molecule is COc1ccc(NC(=O)CC(c2ccc(OC)c(OC)c2OC)c2c(O)cc(C)oc2=O)cc1. The molecule has 0 radical (unpaired) electrons. The molecule has 2 aromatic carbocycles. The lowest BCUT2D eigenvalue weighted by Crippen LogP contribution is -2.21. The van der Waals surface area contributed by atoms with Crippen molar-refractivity contribution < 1.29 is 33.3 Å². The summed E-state index contributed by atoms with van der Waals surface area (Å²) in [5.41, 5.74) is 0.165. The van der Waals surface area contributed by atoms with Gasteiger partial charge < -0.3 is 33.8 Å². The molecule has 3 rings (SSSR count). The van der Waals surface area contributed by atoms with Gasteiger partial charge in [-0.3, -0.25) is 4.79 Å². The fourth-order valence-corrected chi connectivity index (χ4v) is 3.76. The van der Waals surface area contributed by atoms with Gasteiger partial charge in [0, 0.05) is 29.7 Å². The molecular weight excluding hydrogens is 442 g/mol. The molecule has 0 saturated carbocycles. The Hall–Kier alpha value is -4.14. The minimum atomic E-state index is -0.912. The van der Waals surface area contributed by atoms with Crippen molar-refractivity contribution in [3.05, 3.63) is 69.8 Å². The van der Waals surface area contributed by atoms with Crippen LogP contribution in [-0.2, 0) is 4.79 Å². The highest BCUT2D eigenvalue weighted by atomic mass is 16.5. The van der Waals surface area contributed by atoms with Crippen molar-refractivity contribution in [2.45, 2.75) is 19.3 Å². The Morgan fingerprint density at radius 2 is 1.65 bits per heavy atom. The van der Waals surface area contributed by atoms with Gasteiger partial charge in [0.1, 0.15) is 17.3 Å². The Bertz CT molecular complexity index is 1220. The zero-order valence-electron chi connectivity index (χ0n) is 19.6. The molecule has 0 aliphatic rings. The normalized spacial score (nSPS) is 11.4. The van der Waals surface area contributed by atoms with Crippen molar-refractivity contribution in [1.29, 1.82) is 0 Å². The average molecular weight is 469 g/mol. The van der Waals surface area contributed by atoms with Crippen LogP contribution in [0.1, 0.15) is 29.2 Å². The number of anilines is 1. The highest BCUT2D eigenvalue weighted by Gasteiger charge is 2.30. The van der Waals surface area contributed by atoms with E-state index in [2.05, 4.69) is 5.32 Å². The van der Waals surface area contributed by atoms with E-state index in [0.29, 0.717) is 28.5 Å². The lowest BCUT2D eigenvalue weighted by Gasteiger charge is -2.22. The van der Waals surface area contributed by atoms with Gasteiger partial charge in [0.2, 0.25) is 11.7 Å². The van der Waals surface area contributed by atoms with E-state index in [-0.39, 0.29) is 29.2 Å². The largest absolute Gasteiger partial charge is 0.507 e. The van der Waals surface area contributed by atoms with Gasteiger partial charge in [-0.25, -0.2) is 4.79 Å². The summed E-state index contributed by atoms with van der Waals surface area (Å²) in [6, 6.07) is 11.4. The topological polar surface area (TPSA) is 116 Å². The number of rotatable bonds is 9. The Labute approximate surface area is 196 Å². The number of carbonyl (C=O) groups is 1. The van der Waals surface area contributed by atoms with Gasteiger partial charge in [0.15, 0.2) is 11.5 Å². The van der Waals surface area contributed by atoms with E-state index < -0.39 is 17.5 Å². The van der Waals surface area contributed by atoms with Gasteiger partial charge in [0.05, 0.1) is 34.0 Å². The maximum Gasteiger partial charge on any atom is 0.343 e. The standard InChI is InChI=1S/C25H27NO8/c1-14-12-19(27)22(25(29)34-14)18(13-21(28)26-15-6-8-16(30-2)9-7-15)17-10-11-20(31-3)24(33-5)23(17)32-4/h6-12,18,27H,13H2,1-5H3,(H,26,28). The molecule has 1 atom stereocenters. The Balaban J connectivity index is 2.09. The van der Waals surface area contributed by atoms with E-state index in [9.17, 15) is 14.7 Å². The van der Waals surface area contributed by atoms with Crippen LogP contribution in [0, 0.1) is 6.92 Å². The third kappa shape index (κ3) is 5.09. The maximum atomic E-state index is 13.0.